The van der Waals surface area contributed by atoms with Gasteiger partial charge in [0.1, 0.15) is 0 Å². The summed E-state index contributed by atoms with van der Waals surface area (Å²) in [5.41, 5.74) is 4.55. The van der Waals surface area contributed by atoms with Crippen LogP contribution in [0.3, 0.4) is 0 Å². The molecule has 116 valence electrons. The summed E-state index contributed by atoms with van der Waals surface area (Å²) in [6.45, 7) is 0. The van der Waals surface area contributed by atoms with Crippen molar-refractivity contribution >= 4 is 0 Å². The average Bonchev–Trinajstić information content (AvgIpc) is 2.57. The van der Waals surface area contributed by atoms with E-state index in [1.807, 2.05) is 0 Å². The van der Waals surface area contributed by atoms with Gasteiger partial charge in [-0.05, 0) is 0 Å². The van der Waals surface area contributed by atoms with Crippen molar-refractivity contribution in [2.24, 2.45) is 0 Å². The van der Waals surface area contributed by atoms with E-state index < -0.39 is 21.8 Å². The molecular formula is C21H21ClZr. The molecular weight excluding hydrogens is 379 g/mol. The van der Waals surface area contributed by atoms with Crippen LogP contribution < -0.4 is 12.4 Å². The van der Waals surface area contributed by atoms with E-state index in [1.54, 1.807) is 0 Å². The van der Waals surface area contributed by atoms with Gasteiger partial charge in [0.25, 0.3) is 0 Å². The van der Waals surface area contributed by atoms with E-state index in [-0.39, 0.29) is 12.4 Å². The van der Waals surface area contributed by atoms with Gasteiger partial charge in [0, 0.05) is 0 Å². The van der Waals surface area contributed by atoms with E-state index in [0.717, 1.165) is 0 Å². The SMILES string of the molecule is [Cl-].c1ccc([CH2][Zr+]([CH2]c2ccccc2)[CH2]c2ccccc2)cc1. The molecule has 0 aliphatic heterocycles. The van der Waals surface area contributed by atoms with Crippen LogP contribution in [0.25, 0.3) is 0 Å². The van der Waals surface area contributed by atoms with Crippen molar-refractivity contribution in [3.05, 3.63) is 108 Å². The predicted molar refractivity (Wildman–Crippen MR) is 90.4 cm³/mol. The van der Waals surface area contributed by atoms with Crippen molar-refractivity contribution < 1.29 is 34.2 Å². The number of halogens is 1. The molecule has 0 aliphatic carbocycles. The second kappa shape index (κ2) is 9.86. The Kier molecular flexibility index (Phi) is 7.79. The fourth-order valence-corrected chi connectivity index (χ4v) is 9.76. The molecule has 0 aromatic heterocycles. The zero-order valence-electron chi connectivity index (χ0n) is 13.2. The summed E-state index contributed by atoms with van der Waals surface area (Å²) in [4.78, 5) is 0. The van der Waals surface area contributed by atoms with Crippen LogP contribution in [-0.2, 0) is 34.1 Å². The van der Waals surface area contributed by atoms with E-state index >= 15 is 0 Å². The van der Waals surface area contributed by atoms with Crippen LogP contribution in [-0.4, -0.2) is 0 Å². The van der Waals surface area contributed by atoms with Gasteiger partial charge in [-0.1, -0.05) is 0 Å². The Balaban J connectivity index is 0.00000192. The molecule has 0 radical (unpaired) electrons. The van der Waals surface area contributed by atoms with Crippen LogP contribution in [0.1, 0.15) is 16.7 Å². The van der Waals surface area contributed by atoms with Gasteiger partial charge >= 0.3 is 142 Å². The first-order valence-corrected chi connectivity index (χ1v) is 13.1. The van der Waals surface area contributed by atoms with Crippen LogP contribution in [0, 0.1) is 0 Å². The molecule has 23 heavy (non-hydrogen) atoms. The zero-order chi connectivity index (χ0) is 15.0. The minimum absolute atomic E-state index is 0. The molecule has 0 fully saturated rings. The third kappa shape index (κ3) is 6.09. The molecule has 0 aliphatic rings. The summed E-state index contributed by atoms with van der Waals surface area (Å²) >= 11 is -1.56. The van der Waals surface area contributed by atoms with Crippen molar-refractivity contribution in [3.8, 4) is 0 Å². The number of benzene rings is 3. The molecule has 0 saturated carbocycles. The molecule has 3 rings (SSSR count). The monoisotopic (exact) mass is 398 g/mol. The summed E-state index contributed by atoms with van der Waals surface area (Å²) in [5.74, 6) is 0. The summed E-state index contributed by atoms with van der Waals surface area (Å²) in [6.07, 6.45) is 0. The van der Waals surface area contributed by atoms with E-state index in [9.17, 15) is 0 Å². The zero-order valence-corrected chi connectivity index (χ0v) is 16.4. The fraction of sp³-hybridized carbons (Fsp3) is 0.143. The second-order valence-corrected chi connectivity index (χ2v) is 12.0. The third-order valence-electron chi connectivity index (χ3n) is 3.89. The Morgan fingerprint density at radius 3 is 0.957 bits per heavy atom. The standard InChI is InChI=1S/3C7H7.ClH.Zr/c3*1-7-5-3-2-4-6-7;;/h3*2-6H,1H2;1H;/q;;;;+1/p-1. The molecule has 0 spiro atoms. The maximum atomic E-state index is 2.29. The van der Waals surface area contributed by atoms with Gasteiger partial charge in [-0.15, -0.1) is 0 Å². The quantitative estimate of drug-likeness (QED) is 0.596. The summed E-state index contributed by atoms with van der Waals surface area (Å²) in [5, 5.41) is 0. The van der Waals surface area contributed by atoms with Crippen LogP contribution in [0.15, 0.2) is 91.0 Å². The first-order chi connectivity index (χ1) is 10.9. The Morgan fingerprint density at radius 1 is 0.435 bits per heavy atom. The van der Waals surface area contributed by atoms with Gasteiger partial charge in [-0.3, -0.25) is 0 Å². The Bertz CT molecular complexity index is 569. The first kappa shape index (κ1) is 18.2. The second-order valence-electron chi connectivity index (χ2n) is 5.74. The van der Waals surface area contributed by atoms with Crippen LogP contribution in [0.2, 0.25) is 0 Å². The third-order valence-corrected chi connectivity index (χ3v) is 10.6. The maximum absolute atomic E-state index is 2.29. The Hall–Kier alpha value is -1.17. The minimum atomic E-state index is -1.56. The van der Waals surface area contributed by atoms with Gasteiger partial charge in [-0.25, -0.2) is 0 Å². The van der Waals surface area contributed by atoms with Crippen LogP contribution >= 0.6 is 0 Å². The van der Waals surface area contributed by atoms with Gasteiger partial charge in [0.05, 0.1) is 0 Å². The molecule has 0 unspecified atom stereocenters. The van der Waals surface area contributed by atoms with E-state index in [2.05, 4.69) is 91.0 Å². The summed E-state index contributed by atoms with van der Waals surface area (Å²) in [7, 11) is 0. The van der Waals surface area contributed by atoms with Crippen LogP contribution in [0.4, 0.5) is 0 Å². The molecule has 0 atom stereocenters. The molecule has 3 aromatic rings. The number of hydrogen-bond donors (Lipinski definition) is 0. The molecule has 3 aromatic carbocycles. The van der Waals surface area contributed by atoms with E-state index in [1.165, 1.54) is 29.1 Å². The predicted octanol–water partition coefficient (Wildman–Crippen LogP) is 2.21. The molecule has 0 N–H and O–H groups in total. The normalized spacial score (nSPS) is 9.91. The first-order valence-electron chi connectivity index (χ1n) is 7.85. The van der Waals surface area contributed by atoms with Crippen molar-refractivity contribution in [2.45, 2.75) is 12.4 Å². The van der Waals surface area contributed by atoms with Crippen LogP contribution in [0.5, 0.6) is 0 Å². The Labute approximate surface area is 153 Å². The van der Waals surface area contributed by atoms with Crippen molar-refractivity contribution in [3.63, 3.8) is 0 Å². The van der Waals surface area contributed by atoms with Crippen molar-refractivity contribution in [1.29, 1.82) is 0 Å². The summed E-state index contributed by atoms with van der Waals surface area (Å²) < 4.78 is 3.98. The topological polar surface area (TPSA) is 0 Å². The van der Waals surface area contributed by atoms with Crippen molar-refractivity contribution in [1.82, 2.24) is 0 Å². The van der Waals surface area contributed by atoms with E-state index in [0.29, 0.717) is 0 Å². The molecule has 0 heterocycles. The molecule has 2 heteroatoms. The molecule has 0 amide bonds. The summed E-state index contributed by atoms with van der Waals surface area (Å²) in [6, 6.07) is 33.1. The molecule has 0 bridgehead atoms. The van der Waals surface area contributed by atoms with Gasteiger partial charge in [0.2, 0.25) is 0 Å². The average molecular weight is 400 g/mol. The molecule has 0 saturated heterocycles. The molecule has 0 nitrogen and oxygen atoms in total. The Morgan fingerprint density at radius 2 is 0.696 bits per heavy atom. The number of rotatable bonds is 6. The van der Waals surface area contributed by atoms with Gasteiger partial charge in [0.15, 0.2) is 0 Å². The van der Waals surface area contributed by atoms with E-state index in [4.69, 9.17) is 0 Å². The fourth-order valence-electron chi connectivity index (χ4n) is 2.84. The van der Waals surface area contributed by atoms with Crippen molar-refractivity contribution in [2.75, 3.05) is 0 Å². The van der Waals surface area contributed by atoms with Gasteiger partial charge < -0.3 is 12.4 Å². The van der Waals surface area contributed by atoms with Gasteiger partial charge in [-0.2, -0.15) is 0 Å². The number of hydrogen-bond acceptors (Lipinski definition) is 0.